The largest absolute Gasteiger partial charge is 0.370 e. The van der Waals surface area contributed by atoms with Gasteiger partial charge in [0.25, 0.3) is 0 Å². The van der Waals surface area contributed by atoms with E-state index in [0.29, 0.717) is 24.9 Å². The van der Waals surface area contributed by atoms with Crippen LogP contribution in [0.3, 0.4) is 0 Å². The number of rotatable bonds is 8. The summed E-state index contributed by atoms with van der Waals surface area (Å²) in [6, 6.07) is 10.1. The molecule has 1 fully saturated rings. The molecular weight excluding hydrogens is 396 g/mol. The zero-order valence-electron chi connectivity index (χ0n) is 17.0. The van der Waals surface area contributed by atoms with E-state index in [2.05, 4.69) is 63.2 Å². The number of thioether (sulfide) groups is 1. The number of aryl methyl sites for hydroxylation is 1. The van der Waals surface area contributed by atoms with Gasteiger partial charge in [-0.15, -0.1) is 0 Å². The van der Waals surface area contributed by atoms with Gasteiger partial charge in [0.2, 0.25) is 0 Å². The Balaban J connectivity index is 1.38. The van der Waals surface area contributed by atoms with Gasteiger partial charge < -0.3 is 21.1 Å². The molecule has 2 heterocycles. The van der Waals surface area contributed by atoms with Crippen molar-refractivity contribution in [1.29, 1.82) is 0 Å². The number of guanidine groups is 1. The van der Waals surface area contributed by atoms with Crippen molar-refractivity contribution in [2.24, 2.45) is 16.6 Å². The number of nitrogens with two attached hydrogens (primary N) is 1. The molecule has 1 aliphatic carbocycles. The number of allylic oxidation sites excluding steroid dienone is 1. The van der Waals surface area contributed by atoms with Crippen molar-refractivity contribution in [3.63, 3.8) is 0 Å². The van der Waals surface area contributed by atoms with Crippen molar-refractivity contribution in [2.45, 2.75) is 24.7 Å². The second-order valence-electron chi connectivity index (χ2n) is 7.46. The topological polar surface area (TPSA) is 100 Å². The second-order valence-corrected chi connectivity index (χ2v) is 8.62. The Morgan fingerprint density at radius 2 is 2.00 bits per heavy atom. The van der Waals surface area contributed by atoms with E-state index in [1.54, 1.807) is 11.8 Å². The standard InChI is InChI=1S/C22H26N6OS/c1-13-10-21(28-27-13)26-22(23)25-20-12-29-11-19(20)15(3)30-18-8-6-17(7-9-18)24-14(2)16-4-5-16/h6-10,16,24H,2-5,11-12H2,1H3,(H4,23,25,26,27,28). The average Bonchev–Trinajstić information content (AvgIpc) is 3.34. The van der Waals surface area contributed by atoms with Crippen molar-refractivity contribution in [3.05, 3.63) is 71.1 Å². The van der Waals surface area contributed by atoms with E-state index < -0.39 is 0 Å². The van der Waals surface area contributed by atoms with Crippen molar-refractivity contribution in [1.82, 2.24) is 15.5 Å². The number of benzene rings is 1. The highest BCUT2D eigenvalue weighted by molar-refractivity contribution is 8.03. The maximum absolute atomic E-state index is 6.04. The van der Waals surface area contributed by atoms with Gasteiger partial charge >= 0.3 is 0 Å². The maximum Gasteiger partial charge on any atom is 0.199 e. The van der Waals surface area contributed by atoms with Gasteiger partial charge in [0.05, 0.1) is 18.9 Å². The first-order valence-electron chi connectivity index (χ1n) is 9.84. The first kappa shape index (κ1) is 20.3. The molecule has 1 aromatic carbocycles. The van der Waals surface area contributed by atoms with Gasteiger partial charge in [0, 0.05) is 38.5 Å². The molecule has 0 amide bonds. The molecule has 1 aromatic heterocycles. The van der Waals surface area contributed by atoms with Crippen LogP contribution in [-0.2, 0) is 4.74 Å². The van der Waals surface area contributed by atoms with Crippen molar-refractivity contribution in [3.8, 4) is 0 Å². The number of aliphatic imine (C=N–C) groups is 1. The lowest BCUT2D eigenvalue weighted by Crippen LogP contribution is -2.31. The van der Waals surface area contributed by atoms with Crippen LogP contribution >= 0.6 is 11.8 Å². The number of hydrogen-bond acceptors (Lipinski definition) is 5. The quantitative estimate of drug-likeness (QED) is 0.289. The number of H-pyrrole nitrogens is 1. The lowest BCUT2D eigenvalue weighted by molar-refractivity contribution is 0.204. The Morgan fingerprint density at radius 1 is 1.23 bits per heavy atom. The van der Waals surface area contributed by atoms with Crippen LogP contribution in [0.15, 0.2) is 75.2 Å². The Labute approximate surface area is 180 Å². The van der Waals surface area contributed by atoms with Crippen molar-refractivity contribution >= 4 is 29.2 Å². The van der Waals surface area contributed by atoms with Gasteiger partial charge in [-0.1, -0.05) is 24.9 Å². The molecule has 2 aliphatic rings. The first-order chi connectivity index (χ1) is 14.5. The fourth-order valence-electron chi connectivity index (χ4n) is 3.09. The monoisotopic (exact) mass is 422 g/mol. The number of nitrogens with zero attached hydrogens (tertiary/aromatic N) is 2. The summed E-state index contributed by atoms with van der Waals surface area (Å²) in [5, 5.41) is 13.4. The molecule has 4 rings (SSSR count). The lowest BCUT2D eigenvalue weighted by Gasteiger charge is -2.12. The highest BCUT2D eigenvalue weighted by Crippen LogP contribution is 2.37. The summed E-state index contributed by atoms with van der Waals surface area (Å²) in [6.45, 7) is 11.2. The molecule has 0 atom stereocenters. The van der Waals surface area contributed by atoms with Gasteiger partial charge in [-0.05, 0) is 49.9 Å². The van der Waals surface area contributed by atoms with Crippen molar-refractivity contribution < 1.29 is 4.74 Å². The highest BCUT2D eigenvalue weighted by Gasteiger charge is 2.24. The van der Waals surface area contributed by atoms with Crippen LogP contribution in [0.5, 0.6) is 0 Å². The van der Waals surface area contributed by atoms with E-state index in [4.69, 9.17) is 10.5 Å². The minimum absolute atomic E-state index is 0.267. The Hall–Kier alpha value is -2.97. The van der Waals surface area contributed by atoms with E-state index >= 15 is 0 Å². The molecule has 0 unspecified atom stereocenters. The van der Waals surface area contributed by atoms with Gasteiger partial charge in [-0.3, -0.25) is 5.10 Å². The van der Waals surface area contributed by atoms with Crippen LogP contribution in [0, 0.1) is 12.8 Å². The smallest absolute Gasteiger partial charge is 0.199 e. The Kier molecular flexibility index (Phi) is 5.96. The highest BCUT2D eigenvalue weighted by atomic mass is 32.2. The zero-order chi connectivity index (χ0) is 21.1. The van der Waals surface area contributed by atoms with E-state index in [1.165, 1.54) is 12.8 Å². The third-order valence-corrected chi connectivity index (χ3v) is 5.87. The van der Waals surface area contributed by atoms with Gasteiger partial charge in [-0.2, -0.15) is 10.1 Å². The number of nitrogens with one attached hydrogen (secondary N) is 3. The molecule has 1 saturated carbocycles. The summed E-state index contributed by atoms with van der Waals surface area (Å²) in [6.07, 6.45) is 2.48. The molecule has 1 aliphatic heterocycles. The minimum atomic E-state index is 0.267. The Bertz CT molecular complexity index is 1020. The van der Waals surface area contributed by atoms with Gasteiger partial charge in [0.15, 0.2) is 11.8 Å². The second kappa shape index (κ2) is 8.81. The molecule has 30 heavy (non-hydrogen) atoms. The van der Waals surface area contributed by atoms with Crippen LogP contribution in [0.2, 0.25) is 0 Å². The summed E-state index contributed by atoms with van der Waals surface area (Å²) in [4.78, 5) is 6.30. The molecule has 8 heteroatoms. The summed E-state index contributed by atoms with van der Waals surface area (Å²) in [7, 11) is 0. The minimum Gasteiger partial charge on any atom is -0.370 e. The molecule has 156 valence electrons. The van der Waals surface area contributed by atoms with Crippen LogP contribution in [0.4, 0.5) is 11.5 Å². The average molecular weight is 423 g/mol. The SMILES string of the molecule is C=C(Sc1ccc(NC(=C)C2CC2)cc1)C1=C(NC(N)=Nc2cc(C)[nH]n2)COC1. The summed E-state index contributed by atoms with van der Waals surface area (Å²) in [5.41, 5.74) is 11.0. The third-order valence-electron chi connectivity index (χ3n) is 4.87. The van der Waals surface area contributed by atoms with Crippen LogP contribution in [0.1, 0.15) is 18.5 Å². The number of anilines is 1. The first-order valence-corrected chi connectivity index (χ1v) is 10.7. The van der Waals surface area contributed by atoms with Crippen molar-refractivity contribution in [2.75, 3.05) is 18.5 Å². The number of aromatic nitrogens is 2. The lowest BCUT2D eigenvalue weighted by atomic mass is 10.2. The van der Waals surface area contributed by atoms with Crippen LogP contribution in [-0.4, -0.2) is 29.4 Å². The molecule has 0 bridgehead atoms. The van der Waals surface area contributed by atoms with E-state index in [-0.39, 0.29) is 5.96 Å². The van der Waals surface area contributed by atoms with Gasteiger partial charge in [-0.25, -0.2) is 0 Å². The maximum atomic E-state index is 6.04. The number of aromatic amines is 1. The molecule has 5 N–H and O–H groups in total. The summed E-state index contributed by atoms with van der Waals surface area (Å²) < 4.78 is 5.61. The molecular formula is C22H26N6OS. The van der Waals surface area contributed by atoms with E-state index in [9.17, 15) is 0 Å². The molecule has 0 radical (unpaired) electrons. The normalized spacial score (nSPS) is 16.6. The molecule has 0 spiro atoms. The molecule has 0 saturated heterocycles. The zero-order valence-corrected chi connectivity index (χ0v) is 17.8. The Morgan fingerprint density at radius 3 is 2.67 bits per heavy atom. The molecule has 2 aromatic rings. The predicted molar refractivity (Wildman–Crippen MR) is 123 cm³/mol. The van der Waals surface area contributed by atoms with E-state index in [0.717, 1.165) is 38.1 Å². The fraction of sp³-hybridized carbons (Fsp3) is 0.273. The number of ether oxygens (including phenoxy) is 1. The third kappa shape index (κ3) is 5.14. The summed E-state index contributed by atoms with van der Waals surface area (Å²) >= 11 is 1.60. The van der Waals surface area contributed by atoms with E-state index in [1.807, 2.05) is 13.0 Å². The fourth-order valence-corrected chi connectivity index (χ4v) is 3.95. The van der Waals surface area contributed by atoms with Crippen LogP contribution in [0.25, 0.3) is 0 Å². The molecule has 7 nitrogen and oxygen atoms in total. The summed E-state index contributed by atoms with van der Waals surface area (Å²) in [5.74, 6) is 1.43. The van der Waals surface area contributed by atoms with Gasteiger partial charge in [0.1, 0.15) is 0 Å². The predicted octanol–water partition coefficient (Wildman–Crippen LogP) is 4.18. The van der Waals surface area contributed by atoms with Crippen LogP contribution < -0.4 is 16.4 Å². The number of hydrogen-bond donors (Lipinski definition) is 4.